The molecule has 2 aromatic heterocycles. The first-order chi connectivity index (χ1) is 8.29. The van der Waals surface area contributed by atoms with Crippen LogP contribution in [0.2, 0.25) is 0 Å². The van der Waals surface area contributed by atoms with Crippen molar-refractivity contribution in [3.8, 4) is 5.88 Å². The van der Waals surface area contributed by atoms with Crippen molar-refractivity contribution in [1.29, 1.82) is 0 Å². The molecule has 0 bridgehead atoms. The number of hydrogen-bond acceptors (Lipinski definition) is 5. The van der Waals surface area contributed by atoms with Gasteiger partial charge >= 0.3 is 0 Å². The summed E-state index contributed by atoms with van der Waals surface area (Å²) < 4.78 is 6.74. The molecule has 6 nitrogen and oxygen atoms in total. The quantitative estimate of drug-likeness (QED) is 0.815. The number of methoxy groups -OCH3 is 1. The van der Waals surface area contributed by atoms with Gasteiger partial charge in [-0.1, -0.05) is 6.07 Å². The molecule has 0 fully saturated rings. The van der Waals surface area contributed by atoms with Gasteiger partial charge in [0.1, 0.15) is 12.2 Å². The van der Waals surface area contributed by atoms with Gasteiger partial charge in [-0.05, 0) is 5.56 Å². The van der Waals surface area contributed by atoms with Gasteiger partial charge in [0.25, 0.3) is 0 Å². The van der Waals surface area contributed by atoms with Crippen LogP contribution in [0.4, 0.5) is 0 Å². The maximum absolute atomic E-state index is 5.00. The summed E-state index contributed by atoms with van der Waals surface area (Å²) in [4.78, 5) is 8.26. The van der Waals surface area contributed by atoms with E-state index in [1.54, 1.807) is 24.3 Å². The van der Waals surface area contributed by atoms with E-state index in [1.807, 2.05) is 19.2 Å². The van der Waals surface area contributed by atoms with Crippen LogP contribution in [0.3, 0.4) is 0 Å². The molecule has 90 valence electrons. The summed E-state index contributed by atoms with van der Waals surface area (Å²) in [6, 6.07) is 3.83. The van der Waals surface area contributed by atoms with E-state index >= 15 is 0 Å². The maximum atomic E-state index is 5.00. The SMILES string of the molecule is COc1ccc(CNCc2ncnn2C)cn1. The van der Waals surface area contributed by atoms with Gasteiger partial charge in [-0.2, -0.15) is 5.10 Å². The zero-order valence-corrected chi connectivity index (χ0v) is 9.92. The van der Waals surface area contributed by atoms with E-state index < -0.39 is 0 Å². The highest BCUT2D eigenvalue weighted by molar-refractivity contribution is 5.17. The normalized spacial score (nSPS) is 10.5. The van der Waals surface area contributed by atoms with Crippen LogP contribution in [0.25, 0.3) is 0 Å². The van der Waals surface area contributed by atoms with Crippen LogP contribution in [-0.4, -0.2) is 26.9 Å². The molecule has 0 aliphatic rings. The van der Waals surface area contributed by atoms with Crippen LogP contribution < -0.4 is 10.1 Å². The monoisotopic (exact) mass is 233 g/mol. The molecule has 0 spiro atoms. The molecule has 0 saturated carbocycles. The average molecular weight is 233 g/mol. The number of hydrogen-bond donors (Lipinski definition) is 1. The predicted molar refractivity (Wildman–Crippen MR) is 62.3 cm³/mol. The molecule has 2 rings (SSSR count). The Morgan fingerprint density at radius 2 is 2.18 bits per heavy atom. The van der Waals surface area contributed by atoms with E-state index in [2.05, 4.69) is 20.4 Å². The van der Waals surface area contributed by atoms with Crippen molar-refractivity contribution in [2.45, 2.75) is 13.1 Å². The number of aromatic nitrogens is 4. The molecule has 0 radical (unpaired) electrons. The summed E-state index contributed by atoms with van der Waals surface area (Å²) in [5.74, 6) is 1.54. The van der Waals surface area contributed by atoms with Crippen LogP contribution in [0.1, 0.15) is 11.4 Å². The number of rotatable bonds is 5. The van der Waals surface area contributed by atoms with Crippen molar-refractivity contribution in [3.05, 3.63) is 36.0 Å². The Morgan fingerprint density at radius 3 is 2.76 bits per heavy atom. The lowest BCUT2D eigenvalue weighted by Crippen LogP contribution is -2.16. The van der Waals surface area contributed by atoms with Crippen molar-refractivity contribution in [2.24, 2.45) is 7.05 Å². The second-order valence-corrected chi connectivity index (χ2v) is 3.61. The van der Waals surface area contributed by atoms with Gasteiger partial charge in [0.15, 0.2) is 0 Å². The molecule has 0 unspecified atom stereocenters. The lowest BCUT2D eigenvalue weighted by atomic mass is 10.3. The first-order valence-electron chi connectivity index (χ1n) is 5.32. The van der Waals surface area contributed by atoms with Crippen LogP contribution in [-0.2, 0) is 20.1 Å². The fourth-order valence-electron chi connectivity index (χ4n) is 1.44. The molecule has 2 aromatic rings. The summed E-state index contributed by atoms with van der Waals surface area (Å²) >= 11 is 0. The molecule has 6 heteroatoms. The maximum Gasteiger partial charge on any atom is 0.212 e. The number of aryl methyl sites for hydroxylation is 1. The number of pyridine rings is 1. The van der Waals surface area contributed by atoms with Gasteiger partial charge in [0.05, 0.1) is 13.7 Å². The summed E-state index contributed by atoms with van der Waals surface area (Å²) in [6.45, 7) is 1.42. The second-order valence-electron chi connectivity index (χ2n) is 3.61. The lowest BCUT2D eigenvalue weighted by molar-refractivity contribution is 0.397. The third-order valence-corrected chi connectivity index (χ3v) is 2.42. The van der Waals surface area contributed by atoms with Crippen LogP contribution in [0.5, 0.6) is 5.88 Å². The highest BCUT2D eigenvalue weighted by Gasteiger charge is 2.00. The van der Waals surface area contributed by atoms with E-state index in [9.17, 15) is 0 Å². The molecule has 0 aliphatic heterocycles. The fourth-order valence-corrected chi connectivity index (χ4v) is 1.44. The highest BCUT2D eigenvalue weighted by Crippen LogP contribution is 2.06. The van der Waals surface area contributed by atoms with Gasteiger partial charge in [-0.15, -0.1) is 0 Å². The third kappa shape index (κ3) is 3.01. The molecule has 17 heavy (non-hydrogen) atoms. The highest BCUT2D eigenvalue weighted by atomic mass is 16.5. The van der Waals surface area contributed by atoms with E-state index in [4.69, 9.17) is 4.74 Å². The first-order valence-corrected chi connectivity index (χ1v) is 5.32. The smallest absolute Gasteiger partial charge is 0.212 e. The molecule has 0 amide bonds. The zero-order valence-electron chi connectivity index (χ0n) is 9.92. The average Bonchev–Trinajstić information content (AvgIpc) is 2.76. The van der Waals surface area contributed by atoms with E-state index in [0.717, 1.165) is 17.9 Å². The lowest BCUT2D eigenvalue weighted by Gasteiger charge is -2.04. The Hall–Kier alpha value is -1.95. The molecule has 2 heterocycles. The topological polar surface area (TPSA) is 64.9 Å². The summed E-state index contributed by atoms with van der Waals surface area (Å²) in [6.07, 6.45) is 3.34. The third-order valence-electron chi connectivity index (χ3n) is 2.42. The summed E-state index contributed by atoms with van der Waals surface area (Å²) in [7, 11) is 3.48. The van der Waals surface area contributed by atoms with Crippen molar-refractivity contribution in [3.63, 3.8) is 0 Å². The molecule has 0 saturated heterocycles. The Bertz CT molecular complexity index is 465. The summed E-state index contributed by atoms with van der Waals surface area (Å²) in [5.41, 5.74) is 1.10. The van der Waals surface area contributed by atoms with Crippen molar-refractivity contribution in [2.75, 3.05) is 7.11 Å². The molecular formula is C11H15N5O. The molecule has 1 N–H and O–H groups in total. The van der Waals surface area contributed by atoms with E-state index in [0.29, 0.717) is 12.4 Å². The molecular weight excluding hydrogens is 218 g/mol. The van der Waals surface area contributed by atoms with Gasteiger partial charge in [-0.25, -0.2) is 9.97 Å². The van der Waals surface area contributed by atoms with Crippen molar-refractivity contribution < 1.29 is 4.74 Å². The molecule has 0 atom stereocenters. The van der Waals surface area contributed by atoms with E-state index in [1.165, 1.54) is 0 Å². The second kappa shape index (κ2) is 5.40. The first kappa shape index (κ1) is 11.5. The number of nitrogens with zero attached hydrogens (tertiary/aromatic N) is 4. The Morgan fingerprint density at radius 1 is 1.29 bits per heavy atom. The number of nitrogens with one attached hydrogen (secondary N) is 1. The van der Waals surface area contributed by atoms with Crippen molar-refractivity contribution in [1.82, 2.24) is 25.1 Å². The minimum Gasteiger partial charge on any atom is -0.481 e. The van der Waals surface area contributed by atoms with Gasteiger partial charge in [-0.3, -0.25) is 4.68 Å². The minimum atomic E-state index is 0.627. The molecule has 0 aromatic carbocycles. The summed E-state index contributed by atoms with van der Waals surface area (Å²) in [5, 5.41) is 7.28. The van der Waals surface area contributed by atoms with Gasteiger partial charge in [0, 0.05) is 25.9 Å². The Labute approximate surface area is 99.7 Å². The van der Waals surface area contributed by atoms with Crippen LogP contribution >= 0.6 is 0 Å². The van der Waals surface area contributed by atoms with Crippen LogP contribution in [0.15, 0.2) is 24.7 Å². The standard InChI is InChI=1S/C11H15N5O/c1-16-10(14-8-15-16)7-12-5-9-3-4-11(17-2)13-6-9/h3-4,6,8,12H,5,7H2,1-2H3. The predicted octanol–water partition coefficient (Wildman–Crippen LogP) is 0.508. The zero-order chi connectivity index (χ0) is 12.1. The Balaban J connectivity index is 1.83. The van der Waals surface area contributed by atoms with Crippen molar-refractivity contribution >= 4 is 0 Å². The Kier molecular flexibility index (Phi) is 3.66. The largest absolute Gasteiger partial charge is 0.481 e. The minimum absolute atomic E-state index is 0.627. The van der Waals surface area contributed by atoms with Gasteiger partial charge < -0.3 is 10.1 Å². The van der Waals surface area contributed by atoms with Gasteiger partial charge in [0.2, 0.25) is 5.88 Å². The molecule has 0 aliphatic carbocycles. The van der Waals surface area contributed by atoms with Crippen LogP contribution in [0, 0.1) is 0 Å². The fraction of sp³-hybridized carbons (Fsp3) is 0.364. The number of ether oxygens (including phenoxy) is 1. The van der Waals surface area contributed by atoms with E-state index in [-0.39, 0.29) is 0 Å².